The minimum absolute atomic E-state index is 0.197. The number of hydrogen-bond donors (Lipinski definition) is 1. The summed E-state index contributed by atoms with van der Waals surface area (Å²) in [6.45, 7) is 6.03. The topological polar surface area (TPSA) is 76.8 Å². The molecule has 0 aliphatic carbocycles. The van der Waals surface area contributed by atoms with Crippen molar-refractivity contribution < 1.29 is 18.8 Å². The fourth-order valence-corrected chi connectivity index (χ4v) is 2.59. The summed E-state index contributed by atoms with van der Waals surface area (Å²) in [7, 11) is 4.94. The fourth-order valence-electron chi connectivity index (χ4n) is 2.59. The SMILES string of the molecule is COc1ccc(OC)c(C(C)NC(=O)N(C)Cc2c(C)noc2C)c1. The number of urea groups is 1. The molecule has 0 radical (unpaired) electrons. The first-order valence-corrected chi connectivity index (χ1v) is 8.02. The lowest BCUT2D eigenvalue weighted by molar-refractivity contribution is 0.203. The minimum atomic E-state index is -0.246. The van der Waals surface area contributed by atoms with E-state index in [1.165, 1.54) is 0 Å². The molecule has 0 fully saturated rings. The molecular weight excluding hydrogens is 322 g/mol. The Bertz CT molecular complexity index is 722. The van der Waals surface area contributed by atoms with Crippen LogP contribution < -0.4 is 14.8 Å². The monoisotopic (exact) mass is 347 g/mol. The van der Waals surface area contributed by atoms with Crippen molar-refractivity contribution in [3.05, 3.63) is 40.8 Å². The molecule has 2 rings (SSSR count). The summed E-state index contributed by atoms with van der Waals surface area (Å²) in [6.07, 6.45) is 0. The number of amides is 2. The number of benzene rings is 1. The van der Waals surface area contributed by atoms with Crippen LogP contribution in [0.5, 0.6) is 11.5 Å². The Morgan fingerprint density at radius 1 is 1.32 bits per heavy atom. The number of hydrogen-bond acceptors (Lipinski definition) is 5. The fraction of sp³-hybridized carbons (Fsp3) is 0.444. The van der Waals surface area contributed by atoms with Gasteiger partial charge in [0.05, 0.1) is 32.5 Å². The van der Waals surface area contributed by atoms with Crippen molar-refractivity contribution in [2.45, 2.75) is 33.4 Å². The Morgan fingerprint density at radius 2 is 2.04 bits per heavy atom. The van der Waals surface area contributed by atoms with Gasteiger partial charge in [-0.2, -0.15) is 0 Å². The first-order valence-electron chi connectivity index (χ1n) is 8.02. The Kier molecular flexibility index (Phi) is 5.90. The highest BCUT2D eigenvalue weighted by Crippen LogP contribution is 2.29. The third-order valence-corrected chi connectivity index (χ3v) is 4.17. The molecule has 0 saturated carbocycles. The van der Waals surface area contributed by atoms with Gasteiger partial charge in [0, 0.05) is 18.2 Å². The van der Waals surface area contributed by atoms with Crippen LogP contribution in [0.3, 0.4) is 0 Å². The lowest BCUT2D eigenvalue weighted by Gasteiger charge is -2.23. The molecule has 0 bridgehead atoms. The van der Waals surface area contributed by atoms with Crippen LogP contribution in [0.25, 0.3) is 0 Å². The van der Waals surface area contributed by atoms with Crippen LogP contribution in [-0.2, 0) is 6.54 Å². The highest BCUT2D eigenvalue weighted by atomic mass is 16.5. The maximum atomic E-state index is 12.5. The molecule has 136 valence electrons. The van der Waals surface area contributed by atoms with E-state index in [1.54, 1.807) is 26.2 Å². The van der Waals surface area contributed by atoms with E-state index in [4.69, 9.17) is 14.0 Å². The number of nitrogens with zero attached hydrogens (tertiary/aromatic N) is 2. The zero-order chi connectivity index (χ0) is 18.6. The van der Waals surface area contributed by atoms with Crippen molar-refractivity contribution in [2.75, 3.05) is 21.3 Å². The van der Waals surface area contributed by atoms with E-state index in [1.807, 2.05) is 39.0 Å². The van der Waals surface area contributed by atoms with Gasteiger partial charge < -0.3 is 24.2 Å². The molecule has 1 N–H and O–H groups in total. The van der Waals surface area contributed by atoms with Gasteiger partial charge in [-0.15, -0.1) is 0 Å². The van der Waals surface area contributed by atoms with E-state index < -0.39 is 0 Å². The van der Waals surface area contributed by atoms with Crippen molar-refractivity contribution in [1.29, 1.82) is 0 Å². The summed E-state index contributed by atoms with van der Waals surface area (Å²) in [5.41, 5.74) is 2.56. The highest BCUT2D eigenvalue weighted by molar-refractivity contribution is 5.74. The summed E-state index contributed by atoms with van der Waals surface area (Å²) < 4.78 is 15.8. The van der Waals surface area contributed by atoms with Gasteiger partial charge in [0.1, 0.15) is 17.3 Å². The van der Waals surface area contributed by atoms with E-state index >= 15 is 0 Å². The molecule has 25 heavy (non-hydrogen) atoms. The van der Waals surface area contributed by atoms with Gasteiger partial charge in [0.25, 0.3) is 0 Å². The van der Waals surface area contributed by atoms with Crippen molar-refractivity contribution >= 4 is 6.03 Å². The van der Waals surface area contributed by atoms with Crippen LogP contribution in [0.2, 0.25) is 0 Å². The number of nitrogens with one attached hydrogen (secondary N) is 1. The zero-order valence-corrected chi connectivity index (χ0v) is 15.5. The predicted molar refractivity (Wildman–Crippen MR) is 93.9 cm³/mol. The largest absolute Gasteiger partial charge is 0.497 e. The Balaban J connectivity index is 2.09. The first-order chi connectivity index (χ1) is 11.9. The van der Waals surface area contributed by atoms with Crippen molar-refractivity contribution in [1.82, 2.24) is 15.4 Å². The average Bonchev–Trinajstić information content (AvgIpc) is 2.92. The van der Waals surface area contributed by atoms with Crippen LogP contribution in [0, 0.1) is 13.8 Å². The first kappa shape index (κ1) is 18.6. The molecule has 0 aliphatic rings. The van der Waals surface area contributed by atoms with Crippen molar-refractivity contribution in [3.8, 4) is 11.5 Å². The van der Waals surface area contributed by atoms with E-state index in [-0.39, 0.29) is 12.1 Å². The predicted octanol–water partition coefficient (Wildman–Crippen LogP) is 3.21. The van der Waals surface area contributed by atoms with Crippen LogP contribution in [0.1, 0.15) is 35.5 Å². The third kappa shape index (κ3) is 4.23. The quantitative estimate of drug-likeness (QED) is 0.868. The summed E-state index contributed by atoms with van der Waals surface area (Å²) in [5.74, 6) is 2.13. The number of carbonyl (C=O) groups excluding carboxylic acids is 1. The lowest BCUT2D eigenvalue weighted by atomic mass is 10.1. The van der Waals surface area contributed by atoms with Gasteiger partial charge in [0.15, 0.2) is 0 Å². The smallest absolute Gasteiger partial charge is 0.317 e. The number of carbonyl (C=O) groups is 1. The molecule has 1 heterocycles. The second-order valence-corrected chi connectivity index (χ2v) is 5.94. The molecule has 1 unspecified atom stereocenters. The number of ether oxygens (including phenoxy) is 2. The Labute approximate surface area is 147 Å². The second kappa shape index (κ2) is 7.92. The second-order valence-electron chi connectivity index (χ2n) is 5.94. The Hall–Kier alpha value is -2.70. The molecule has 0 saturated heterocycles. The third-order valence-electron chi connectivity index (χ3n) is 4.17. The van der Waals surface area contributed by atoms with Gasteiger partial charge in [0.2, 0.25) is 0 Å². The molecule has 1 atom stereocenters. The van der Waals surface area contributed by atoms with E-state index in [9.17, 15) is 4.79 Å². The molecule has 7 nitrogen and oxygen atoms in total. The van der Waals surface area contributed by atoms with Gasteiger partial charge in [-0.3, -0.25) is 0 Å². The van der Waals surface area contributed by atoms with Crippen molar-refractivity contribution in [2.24, 2.45) is 0 Å². The molecule has 0 spiro atoms. The number of methoxy groups -OCH3 is 2. The van der Waals surface area contributed by atoms with Gasteiger partial charge in [-0.1, -0.05) is 5.16 Å². The summed E-state index contributed by atoms with van der Waals surface area (Å²) >= 11 is 0. The van der Waals surface area contributed by atoms with Gasteiger partial charge in [-0.25, -0.2) is 4.79 Å². The highest BCUT2D eigenvalue weighted by Gasteiger charge is 2.19. The van der Waals surface area contributed by atoms with Crippen molar-refractivity contribution in [3.63, 3.8) is 0 Å². The zero-order valence-electron chi connectivity index (χ0n) is 15.5. The van der Waals surface area contributed by atoms with Crippen LogP contribution >= 0.6 is 0 Å². The molecule has 0 aliphatic heterocycles. The molecule has 1 aromatic heterocycles. The maximum Gasteiger partial charge on any atom is 0.317 e. The number of rotatable bonds is 6. The Morgan fingerprint density at radius 3 is 2.60 bits per heavy atom. The normalized spacial score (nSPS) is 11.8. The van der Waals surface area contributed by atoms with Crippen LogP contribution in [-0.4, -0.2) is 37.4 Å². The molecule has 2 amide bonds. The molecular formula is C18H25N3O4. The van der Waals surface area contributed by atoms with E-state index in [0.717, 1.165) is 22.6 Å². The summed E-state index contributed by atoms with van der Waals surface area (Å²) in [6, 6.07) is 5.06. The van der Waals surface area contributed by atoms with Crippen LogP contribution in [0.4, 0.5) is 4.79 Å². The minimum Gasteiger partial charge on any atom is -0.497 e. The van der Waals surface area contributed by atoms with Gasteiger partial charge >= 0.3 is 6.03 Å². The molecule has 2 aromatic rings. The number of aryl methyl sites for hydroxylation is 2. The molecule has 7 heteroatoms. The van der Waals surface area contributed by atoms with Crippen LogP contribution in [0.15, 0.2) is 22.7 Å². The van der Waals surface area contributed by atoms with Gasteiger partial charge in [-0.05, 0) is 39.0 Å². The van der Waals surface area contributed by atoms with E-state index in [0.29, 0.717) is 18.0 Å². The van der Waals surface area contributed by atoms with E-state index in [2.05, 4.69) is 10.5 Å². The standard InChI is InChI=1S/C18H25N3O4/c1-11(15-9-14(23-5)7-8-17(15)24-6)19-18(22)21(4)10-16-12(2)20-25-13(16)3/h7-9,11H,10H2,1-6H3,(H,19,22). The summed E-state index contributed by atoms with van der Waals surface area (Å²) in [5, 5.41) is 6.89. The maximum absolute atomic E-state index is 12.5. The summed E-state index contributed by atoms with van der Waals surface area (Å²) in [4.78, 5) is 14.1. The number of aromatic nitrogens is 1. The molecule has 1 aromatic carbocycles. The lowest BCUT2D eigenvalue weighted by Crippen LogP contribution is -2.38. The average molecular weight is 347 g/mol.